The minimum atomic E-state index is 0.428. The summed E-state index contributed by atoms with van der Waals surface area (Å²) in [7, 11) is 1.58. The first-order valence-electron chi connectivity index (χ1n) is 4.85. The zero-order valence-corrected chi connectivity index (χ0v) is 9.03. The predicted molar refractivity (Wildman–Crippen MR) is 59.4 cm³/mol. The van der Waals surface area contributed by atoms with Crippen LogP contribution in [-0.4, -0.2) is 12.8 Å². The van der Waals surface area contributed by atoms with Crippen LogP contribution < -0.4 is 0 Å². The molecule has 0 saturated carbocycles. The van der Waals surface area contributed by atoms with E-state index in [1.807, 2.05) is 13.0 Å². The van der Waals surface area contributed by atoms with Gasteiger partial charge in [-0.15, -0.1) is 0 Å². The standard InChI is InChI=1S/C12H17NO/c1-10(11(2)13-14-3)9-12-7-5-4-6-8-12/h4-8,10H,9H2,1-3H3/b13-11+/t10-/m0/s1. The number of hydrogen-bond donors (Lipinski definition) is 0. The summed E-state index contributed by atoms with van der Waals surface area (Å²) in [6.45, 7) is 4.15. The van der Waals surface area contributed by atoms with E-state index in [2.05, 4.69) is 36.3 Å². The molecule has 0 heterocycles. The van der Waals surface area contributed by atoms with Crippen molar-refractivity contribution in [3.8, 4) is 0 Å². The first-order chi connectivity index (χ1) is 6.74. The molecule has 0 fully saturated rings. The van der Waals surface area contributed by atoms with Gasteiger partial charge in [0, 0.05) is 5.92 Å². The van der Waals surface area contributed by atoms with Crippen LogP contribution in [0, 0.1) is 5.92 Å². The Kier molecular flexibility index (Phi) is 4.17. The predicted octanol–water partition coefficient (Wildman–Crippen LogP) is 2.89. The van der Waals surface area contributed by atoms with Crippen LogP contribution >= 0.6 is 0 Å². The van der Waals surface area contributed by atoms with Crippen LogP contribution in [0.3, 0.4) is 0 Å². The van der Waals surface area contributed by atoms with E-state index in [0.717, 1.165) is 12.1 Å². The maximum atomic E-state index is 4.75. The summed E-state index contributed by atoms with van der Waals surface area (Å²) in [4.78, 5) is 4.75. The van der Waals surface area contributed by atoms with Crippen LogP contribution in [0.5, 0.6) is 0 Å². The number of oxime groups is 1. The second-order valence-electron chi connectivity index (χ2n) is 3.51. The van der Waals surface area contributed by atoms with Gasteiger partial charge in [0.2, 0.25) is 0 Å². The lowest BCUT2D eigenvalue weighted by molar-refractivity contribution is 0.211. The van der Waals surface area contributed by atoms with E-state index in [4.69, 9.17) is 4.84 Å². The normalized spacial score (nSPS) is 13.8. The molecule has 0 bridgehead atoms. The molecule has 0 aliphatic rings. The molecular weight excluding hydrogens is 174 g/mol. The van der Waals surface area contributed by atoms with Crippen molar-refractivity contribution < 1.29 is 4.84 Å². The fourth-order valence-electron chi connectivity index (χ4n) is 1.35. The molecule has 0 unspecified atom stereocenters. The average molecular weight is 191 g/mol. The molecule has 1 aromatic rings. The fraction of sp³-hybridized carbons (Fsp3) is 0.417. The molecule has 76 valence electrons. The monoisotopic (exact) mass is 191 g/mol. The Balaban J connectivity index is 2.57. The van der Waals surface area contributed by atoms with Gasteiger partial charge in [-0.05, 0) is 18.9 Å². The third-order valence-electron chi connectivity index (χ3n) is 2.33. The van der Waals surface area contributed by atoms with Gasteiger partial charge in [0.15, 0.2) is 0 Å². The van der Waals surface area contributed by atoms with Crippen molar-refractivity contribution in [1.29, 1.82) is 0 Å². The molecule has 2 nitrogen and oxygen atoms in total. The maximum absolute atomic E-state index is 4.75. The fourth-order valence-corrected chi connectivity index (χ4v) is 1.35. The topological polar surface area (TPSA) is 21.6 Å². The van der Waals surface area contributed by atoms with Crippen LogP contribution in [0.15, 0.2) is 35.5 Å². The molecule has 1 aromatic carbocycles. The SMILES string of the molecule is CO/N=C(\C)[C@@H](C)Cc1ccccc1. The molecule has 0 N–H and O–H groups in total. The average Bonchev–Trinajstić information content (AvgIpc) is 2.19. The van der Waals surface area contributed by atoms with Crippen molar-refractivity contribution in [1.82, 2.24) is 0 Å². The maximum Gasteiger partial charge on any atom is 0.106 e. The van der Waals surface area contributed by atoms with E-state index in [1.54, 1.807) is 7.11 Å². The highest BCUT2D eigenvalue weighted by molar-refractivity contribution is 5.83. The Bertz CT molecular complexity index is 292. The lowest BCUT2D eigenvalue weighted by Crippen LogP contribution is -2.10. The second kappa shape index (κ2) is 5.43. The largest absolute Gasteiger partial charge is 0.399 e. The van der Waals surface area contributed by atoms with Crippen molar-refractivity contribution in [3.05, 3.63) is 35.9 Å². The van der Waals surface area contributed by atoms with Crippen molar-refractivity contribution in [2.24, 2.45) is 11.1 Å². The first-order valence-corrected chi connectivity index (χ1v) is 4.85. The zero-order chi connectivity index (χ0) is 10.4. The summed E-state index contributed by atoms with van der Waals surface area (Å²) in [6.07, 6.45) is 1.01. The summed E-state index contributed by atoms with van der Waals surface area (Å²) in [5.74, 6) is 0.428. The second-order valence-corrected chi connectivity index (χ2v) is 3.51. The van der Waals surface area contributed by atoms with E-state index in [-0.39, 0.29) is 0 Å². The zero-order valence-electron chi connectivity index (χ0n) is 9.03. The van der Waals surface area contributed by atoms with E-state index >= 15 is 0 Å². The molecule has 1 atom stereocenters. The van der Waals surface area contributed by atoms with Gasteiger partial charge in [0.1, 0.15) is 7.11 Å². The van der Waals surface area contributed by atoms with Crippen LogP contribution in [0.25, 0.3) is 0 Å². The highest BCUT2D eigenvalue weighted by atomic mass is 16.6. The Hall–Kier alpha value is -1.31. The Labute approximate surface area is 85.6 Å². The molecule has 0 aromatic heterocycles. The molecule has 1 rings (SSSR count). The summed E-state index contributed by atoms with van der Waals surface area (Å²) in [5.41, 5.74) is 2.38. The number of rotatable bonds is 4. The summed E-state index contributed by atoms with van der Waals surface area (Å²) >= 11 is 0. The lowest BCUT2D eigenvalue weighted by atomic mass is 9.97. The number of benzene rings is 1. The number of hydrogen-bond acceptors (Lipinski definition) is 2. The van der Waals surface area contributed by atoms with Crippen LogP contribution in [0.2, 0.25) is 0 Å². The lowest BCUT2D eigenvalue weighted by Gasteiger charge is -2.09. The minimum absolute atomic E-state index is 0.428. The molecular formula is C12H17NO. The van der Waals surface area contributed by atoms with Gasteiger partial charge >= 0.3 is 0 Å². The van der Waals surface area contributed by atoms with Crippen LogP contribution in [-0.2, 0) is 11.3 Å². The Morgan fingerprint density at radius 1 is 1.36 bits per heavy atom. The van der Waals surface area contributed by atoms with Crippen LogP contribution in [0.4, 0.5) is 0 Å². The molecule has 0 spiro atoms. The van der Waals surface area contributed by atoms with Gasteiger partial charge in [0.05, 0.1) is 5.71 Å². The summed E-state index contributed by atoms with van der Waals surface area (Å²) in [5, 5.41) is 3.94. The van der Waals surface area contributed by atoms with Gasteiger partial charge in [0.25, 0.3) is 0 Å². The van der Waals surface area contributed by atoms with Crippen molar-refractivity contribution in [2.45, 2.75) is 20.3 Å². The minimum Gasteiger partial charge on any atom is -0.399 e. The van der Waals surface area contributed by atoms with E-state index in [0.29, 0.717) is 5.92 Å². The van der Waals surface area contributed by atoms with Gasteiger partial charge in [-0.3, -0.25) is 0 Å². The molecule has 14 heavy (non-hydrogen) atoms. The Morgan fingerprint density at radius 2 is 2.00 bits per heavy atom. The molecule has 0 saturated heterocycles. The third-order valence-corrected chi connectivity index (χ3v) is 2.33. The van der Waals surface area contributed by atoms with Gasteiger partial charge in [-0.2, -0.15) is 0 Å². The van der Waals surface area contributed by atoms with Gasteiger partial charge in [-0.1, -0.05) is 42.4 Å². The van der Waals surface area contributed by atoms with Crippen LogP contribution in [0.1, 0.15) is 19.4 Å². The van der Waals surface area contributed by atoms with Crippen molar-refractivity contribution in [3.63, 3.8) is 0 Å². The van der Waals surface area contributed by atoms with Crippen molar-refractivity contribution in [2.75, 3.05) is 7.11 Å². The van der Waals surface area contributed by atoms with Gasteiger partial charge in [-0.25, -0.2) is 0 Å². The summed E-state index contributed by atoms with van der Waals surface area (Å²) in [6, 6.07) is 10.4. The van der Waals surface area contributed by atoms with Gasteiger partial charge < -0.3 is 4.84 Å². The highest BCUT2D eigenvalue weighted by Crippen LogP contribution is 2.09. The Morgan fingerprint density at radius 3 is 2.57 bits per heavy atom. The van der Waals surface area contributed by atoms with E-state index in [1.165, 1.54) is 5.56 Å². The molecule has 0 aliphatic heterocycles. The highest BCUT2D eigenvalue weighted by Gasteiger charge is 2.06. The molecule has 0 radical (unpaired) electrons. The number of nitrogens with zero attached hydrogens (tertiary/aromatic N) is 1. The molecule has 0 aliphatic carbocycles. The summed E-state index contributed by atoms with van der Waals surface area (Å²) < 4.78 is 0. The smallest absolute Gasteiger partial charge is 0.106 e. The first kappa shape index (κ1) is 10.8. The quantitative estimate of drug-likeness (QED) is 0.529. The third kappa shape index (κ3) is 3.21. The van der Waals surface area contributed by atoms with E-state index < -0.39 is 0 Å². The molecule has 0 amide bonds. The van der Waals surface area contributed by atoms with Crippen molar-refractivity contribution >= 4 is 5.71 Å². The molecule has 2 heteroatoms. The van der Waals surface area contributed by atoms with E-state index in [9.17, 15) is 0 Å².